The number of hydrogen-bond acceptors (Lipinski definition) is 7. The van der Waals surface area contributed by atoms with Crippen molar-refractivity contribution < 1.29 is 38.3 Å². The van der Waals surface area contributed by atoms with Gasteiger partial charge < -0.3 is 12.4 Å². The van der Waals surface area contributed by atoms with Crippen LogP contribution in [0.15, 0.2) is 86.7 Å². The topological polar surface area (TPSA) is 162 Å². The number of halogens is 1. The van der Waals surface area contributed by atoms with Gasteiger partial charge in [0.15, 0.2) is 4.98 Å². The quantitative estimate of drug-likeness (QED) is 0.245. The summed E-state index contributed by atoms with van der Waals surface area (Å²) < 4.78 is 66.5. The second-order valence-corrected chi connectivity index (χ2v) is 9.47. The van der Waals surface area contributed by atoms with Gasteiger partial charge in [-0.25, -0.2) is 0 Å². The van der Waals surface area contributed by atoms with Crippen LogP contribution in [-0.2, 0) is 20.2 Å². The molecule has 0 heterocycles. The van der Waals surface area contributed by atoms with Crippen LogP contribution >= 0.6 is 0 Å². The zero-order valence-electron chi connectivity index (χ0n) is 16.4. The molecular weight excluding hydrogens is 492 g/mol. The van der Waals surface area contributed by atoms with E-state index in [1.165, 1.54) is 30.3 Å². The van der Waals surface area contributed by atoms with Gasteiger partial charge in [0.2, 0.25) is 5.39 Å². The van der Waals surface area contributed by atoms with Gasteiger partial charge in [-0.15, -0.1) is 5.11 Å². The fourth-order valence-electron chi connectivity index (χ4n) is 3.36. The molecule has 0 saturated carbocycles. The van der Waals surface area contributed by atoms with Crippen molar-refractivity contribution in [2.24, 2.45) is 10.2 Å². The van der Waals surface area contributed by atoms with E-state index in [-0.39, 0.29) is 28.9 Å². The van der Waals surface area contributed by atoms with Gasteiger partial charge in [-0.05, 0) is 30.3 Å². The van der Waals surface area contributed by atoms with E-state index in [2.05, 4.69) is 15.2 Å². The molecule has 0 atom stereocenters. The molecule has 0 aromatic heterocycles. The van der Waals surface area contributed by atoms with Crippen LogP contribution in [0.5, 0.6) is 0 Å². The fourth-order valence-corrected chi connectivity index (χ4v) is 4.78. The van der Waals surface area contributed by atoms with E-state index in [0.29, 0.717) is 22.1 Å². The van der Waals surface area contributed by atoms with Gasteiger partial charge in [0, 0.05) is 22.2 Å². The van der Waals surface area contributed by atoms with Crippen molar-refractivity contribution in [2.45, 2.75) is 9.79 Å². The minimum atomic E-state index is -4.76. The molecule has 33 heavy (non-hydrogen) atoms. The van der Waals surface area contributed by atoms with Gasteiger partial charge in [-0.3, -0.25) is 9.11 Å². The first-order valence-electron chi connectivity index (χ1n) is 8.90. The van der Waals surface area contributed by atoms with Crippen LogP contribution in [0, 0.1) is 5.39 Å². The van der Waals surface area contributed by atoms with E-state index in [1.54, 1.807) is 24.3 Å². The molecule has 0 bridgehead atoms. The van der Waals surface area contributed by atoms with Crippen LogP contribution in [0.3, 0.4) is 0 Å². The summed E-state index contributed by atoms with van der Waals surface area (Å²) in [6, 6.07) is 15.9. The summed E-state index contributed by atoms with van der Waals surface area (Å²) in [7, 11) is -9.45. The Morgan fingerprint density at radius 3 is 1.97 bits per heavy atom. The molecule has 0 fully saturated rings. The Hall–Kier alpha value is -3.47. The Balaban J connectivity index is 0.00000306. The molecule has 0 aliphatic carbocycles. The highest BCUT2D eigenvalue weighted by Crippen LogP contribution is 2.36. The zero-order chi connectivity index (χ0) is 23.1. The van der Waals surface area contributed by atoms with Crippen LogP contribution in [-0.4, -0.2) is 25.9 Å². The van der Waals surface area contributed by atoms with Gasteiger partial charge in [0.25, 0.3) is 20.2 Å². The molecule has 2 N–H and O–H groups in total. The Morgan fingerprint density at radius 1 is 0.697 bits per heavy atom. The normalized spacial score (nSPS) is 12.0. The summed E-state index contributed by atoms with van der Waals surface area (Å²) in [4.78, 5) is 2.08. The zero-order valence-corrected chi connectivity index (χ0v) is 18.8. The summed E-state index contributed by atoms with van der Waals surface area (Å²) in [6.45, 7) is 0. The number of nitrogens with zero attached hydrogens (tertiary/aromatic N) is 4. The maximum atomic E-state index is 11.9. The first kappa shape index (κ1) is 24.2. The van der Waals surface area contributed by atoms with Crippen LogP contribution in [0.4, 0.5) is 17.1 Å². The number of azo groups is 1. The Morgan fingerprint density at radius 2 is 1.33 bits per heavy atom. The largest absolute Gasteiger partial charge is 1.00 e. The fraction of sp³-hybridized carbons (Fsp3) is 0. The van der Waals surface area contributed by atoms with E-state index >= 15 is 0 Å². The van der Waals surface area contributed by atoms with Crippen molar-refractivity contribution in [3.8, 4) is 0 Å². The Kier molecular flexibility index (Phi) is 6.46. The van der Waals surface area contributed by atoms with E-state index in [1.807, 2.05) is 0 Å². The van der Waals surface area contributed by atoms with Gasteiger partial charge in [-0.2, -0.15) is 21.9 Å². The maximum Gasteiger partial charge on any atom is 0.392 e. The van der Waals surface area contributed by atoms with E-state index in [0.717, 1.165) is 12.1 Å². The van der Waals surface area contributed by atoms with Crippen LogP contribution in [0.25, 0.3) is 26.5 Å². The first-order valence-corrected chi connectivity index (χ1v) is 11.8. The highest BCUT2D eigenvalue weighted by molar-refractivity contribution is 7.86. The Labute approximate surface area is 194 Å². The average Bonchev–Trinajstić information content (AvgIpc) is 2.75. The smallest absolute Gasteiger partial charge is 0.392 e. The molecule has 0 radical (unpaired) electrons. The van der Waals surface area contributed by atoms with Crippen molar-refractivity contribution in [3.63, 3.8) is 0 Å². The summed E-state index contributed by atoms with van der Waals surface area (Å²) >= 11 is 0. The lowest BCUT2D eigenvalue weighted by atomic mass is 10.1. The second kappa shape index (κ2) is 8.81. The van der Waals surface area contributed by atoms with Crippen LogP contribution < -0.4 is 12.4 Å². The lowest BCUT2D eigenvalue weighted by Gasteiger charge is -2.08. The van der Waals surface area contributed by atoms with E-state index < -0.39 is 30.0 Å². The van der Waals surface area contributed by atoms with E-state index in [9.17, 15) is 25.9 Å². The van der Waals surface area contributed by atoms with Gasteiger partial charge in [0.05, 0.1) is 16.8 Å². The number of rotatable bonds is 4. The lowest BCUT2D eigenvalue weighted by molar-refractivity contribution is -0.0000148. The maximum absolute atomic E-state index is 11.9. The second-order valence-electron chi connectivity index (χ2n) is 6.69. The predicted octanol–water partition coefficient (Wildman–Crippen LogP) is 2.39. The van der Waals surface area contributed by atoms with Crippen molar-refractivity contribution in [2.75, 3.05) is 0 Å². The highest BCUT2D eigenvalue weighted by atomic mass is 35.5. The van der Waals surface area contributed by atoms with Crippen LogP contribution in [0.1, 0.15) is 0 Å². The third-order valence-corrected chi connectivity index (χ3v) is 6.52. The summed E-state index contributed by atoms with van der Waals surface area (Å²) in [5, 5.41) is 18.2. The molecule has 10 nitrogen and oxygen atoms in total. The number of benzene rings is 4. The molecule has 0 amide bonds. The minimum Gasteiger partial charge on any atom is -1.00 e. The number of fused-ring (bicyclic) bond motifs is 2. The summed E-state index contributed by atoms with van der Waals surface area (Å²) in [5.74, 6) is 0. The molecule has 4 aromatic carbocycles. The van der Waals surface area contributed by atoms with Crippen molar-refractivity contribution in [1.29, 1.82) is 5.39 Å². The lowest BCUT2D eigenvalue weighted by Crippen LogP contribution is -3.00. The third-order valence-electron chi connectivity index (χ3n) is 4.72. The standard InChI is InChI=1S/C20H12N4O6S2.ClH/c21-22-17-8-9-18(14-5-2-1-4-13(14)17)24-23-12-10-16-15(20(11-12)32(28,29)30)6-3-7-19(16)31(25,26)27;/h1-11H,(H-,25,26,27,28,29,30);1H. The van der Waals surface area contributed by atoms with Crippen LogP contribution in [0.2, 0.25) is 0 Å². The van der Waals surface area contributed by atoms with Crippen molar-refractivity contribution >= 4 is 58.8 Å². The van der Waals surface area contributed by atoms with Crippen molar-refractivity contribution in [3.05, 3.63) is 71.7 Å². The average molecular weight is 505 g/mol. The first-order chi connectivity index (χ1) is 15.1. The molecule has 13 heteroatoms. The molecule has 168 valence electrons. The summed E-state index contributed by atoms with van der Waals surface area (Å²) in [5.41, 5.74) is 0.600. The van der Waals surface area contributed by atoms with Gasteiger partial charge in [-0.1, -0.05) is 30.3 Å². The predicted molar refractivity (Wildman–Crippen MR) is 116 cm³/mol. The Bertz CT molecular complexity index is 1700. The minimum absolute atomic E-state index is 0. The van der Waals surface area contributed by atoms with Gasteiger partial charge >= 0.3 is 5.69 Å². The van der Waals surface area contributed by atoms with Crippen molar-refractivity contribution in [1.82, 2.24) is 0 Å². The van der Waals surface area contributed by atoms with Gasteiger partial charge in [0.1, 0.15) is 9.79 Å². The molecule has 0 spiro atoms. The molecule has 4 rings (SSSR count). The molecule has 0 saturated heterocycles. The molecular formula is C20H13ClN4O6S2. The number of hydrogen-bond donors (Lipinski definition) is 2. The highest BCUT2D eigenvalue weighted by Gasteiger charge is 2.21. The molecule has 4 aromatic rings. The molecule has 0 aliphatic heterocycles. The summed E-state index contributed by atoms with van der Waals surface area (Å²) in [6.07, 6.45) is 0. The molecule has 0 aliphatic rings. The third kappa shape index (κ3) is 4.68. The number of diazo groups is 1. The SMILES string of the molecule is N#[N+]c1ccc(N=Nc2cc(S(=O)(=O)O)c3cccc(S(=O)(=O)O)c3c2)c2ccccc12.[Cl-]. The molecule has 0 unspecified atom stereocenters. The van der Waals surface area contributed by atoms with E-state index in [4.69, 9.17) is 5.39 Å². The monoisotopic (exact) mass is 504 g/mol.